The van der Waals surface area contributed by atoms with Crippen molar-refractivity contribution < 1.29 is 9.90 Å². The lowest BCUT2D eigenvalue weighted by Crippen LogP contribution is -2.49. The maximum Gasteiger partial charge on any atom is 0.227 e. The Morgan fingerprint density at radius 2 is 2.15 bits per heavy atom. The lowest BCUT2D eigenvalue weighted by molar-refractivity contribution is -0.131. The standard InChI is InChI=1S/C15H21ClN2O2/c1-18-9-7-14(19)13(10-18)15(20)17-8-6-11-2-4-12(16)5-3-11/h2-5,13-14,19H,6-10H2,1H3,(H,17,20)/t13-,14-/m1/s1. The van der Waals surface area contributed by atoms with Crippen molar-refractivity contribution in [3.05, 3.63) is 34.9 Å². The molecule has 20 heavy (non-hydrogen) atoms. The topological polar surface area (TPSA) is 52.6 Å². The first-order chi connectivity index (χ1) is 9.56. The number of aliphatic hydroxyl groups excluding tert-OH is 1. The van der Waals surface area contributed by atoms with Gasteiger partial charge in [0.1, 0.15) is 0 Å². The van der Waals surface area contributed by atoms with Crippen LogP contribution in [0, 0.1) is 5.92 Å². The third kappa shape index (κ3) is 4.20. The van der Waals surface area contributed by atoms with Gasteiger partial charge in [-0.3, -0.25) is 4.79 Å². The fourth-order valence-corrected chi connectivity index (χ4v) is 2.60. The zero-order valence-electron chi connectivity index (χ0n) is 11.7. The van der Waals surface area contributed by atoms with Gasteiger partial charge in [-0.2, -0.15) is 0 Å². The quantitative estimate of drug-likeness (QED) is 0.881. The average molecular weight is 297 g/mol. The van der Waals surface area contributed by atoms with E-state index in [0.717, 1.165) is 18.5 Å². The molecule has 0 unspecified atom stereocenters. The summed E-state index contributed by atoms with van der Waals surface area (Å²) >= 11 is 5.83. The lowest BCUT2D eigenvalue weighted by Gasteiger charge is -2.32. The largest absolute Gasteiger partial charge is 0.392 e. The lowest BCUT2D eigenvalue weighted by atomic mass is 9.94. The third-order valence-corrected chi connectivity index (χ3v) is 3.99. The molecule has 1 heterocycles. The molecule has 1 aromatic rings. The van der Waals surface area contributed by atoms with Gasteiger partial charge in [-0.05, 0) is 37.6 Å². The molecule has 1 amide bonds. The summed E-state index contributed by atoms with van der Waals surface area (Å²) < 4.78 is 0. The molecular formula is C15H21ClN2O2. The first-order valence-corrected chi connectivity index (χ1v) is 7.33. The third-order valence-electron chi connectivity index (χ3n) is 3.74. The number of amides is 1. The second-order valence-electron chi connectivity index (χ2n) is 5.39. The number of nitrogens with one attached hydrogen (secondary N) is 1. The summed E-state index contributed by atoms with van der Waals surface area (Å²) in [7, 11) is 1.97. The van der Waals surface area contributed by atoms with E-state index in [4.69, 9.17) is 11.6 Å². The van der Waals surface area contributed by atoms with Crippen LogP contribution in [0.3, 0.4) is 0 Å². The van der Waals surface area contributed by atoms with E-state index >= 15 is 0 Å². The van der Waals surface area contributed by atoms with Crippen LogP contribution in [0.4, 0.5) is 0 Å². The molecule has 0 bridgehead atoms. The molecule has 1 aliphatic heterocycles. The normalized spacial score (nSPS) is 23.6. The number of carbonyl (C=O) groups excluding carboxylic acids is 1. The van der Waals surface area contributed by atoms with Gasteiger partial charge < -0.3 is 15.3 Å². The highest BCUT2D eigenvalue weighted by Gasteiger charge is 2.31. The number of likely N-dealkylation sites (tertiary alicyclic amines) is 1. The van der Waals surface area contributed by atoms with Crippen LogP contribution in [-0.2, 0) is 11.2 Å². The number of hydrogen-bond acceptors (Lipinski definition) is 3. The molecule has 1 aliphatic rings. The fraction of sp³-hybridized carbons (Fsp3) is 0.533. The molecule has 1 aromatic carbocycles. The number of halogens is 1. The van der Waals surface area contributed by atoms with Crippen LogP contribution in [-0.4, -0.2) is 48.7 Å². The molecule has 4 nitrogen and oxygen atoms in total. The number of carbonyl (C=O) groups is 1. The first kappa shape index (κ1) is 15.3. The molecule has 0 radical (unpaired) electrons. The Bertz CT molecular complexity index is 450. The van der Waals surface area contributed by atoms with Gasteiger partial charge in [-0.1, -0.05) is 23.7 Å². The van der Waals surface area contributed by atoms with Gasteiger partial charge in [0.25, 0.3) is 0 Å². The minimum Gasteiger partial charge on any atom is -0.392 e. The predicted molar refractivity (Wildman–Crippen MR) is 79.8 cm³/mol. The van der Waals surface area contributed by atoms with Gasteiger partial charge in [0.05, 0.1) is 12.0 Å². The summed E-state index contributed by atoms with van der Waals surface area (Å²) in [4.78, 5) is 14.2. The van der Waals surface area contributed by atoms with Crippen molar-refractivity contribution in [2.75, 3.05) is 26.7 Å². The Hall–Kier alpha value is -1.10. The Balaban J connectivity index is 1.78. The van der Waals surface area contributed by atoms with Crippen LogP contribution >= 0.6 is 11.6 Å². The number of hydrogen-bond donors (Lipinski definition) is 2. The molecule has 0 aromatic heterocycles. The number of nitrogens with zero attached hydrogens (tertiary/aromatic N) is 1. The van der Waals surface area contributed by atoms with Crippen LogP contribution < -0.4 is 5.32 Å². The molecule has 0 spiro atoms. The number of piperidine rings is 1. The van der Waals surface area contributed by atoms with Gasteiger partial charge >= 0.3 is 0 Å². The van der Waals surface area contributed by atoms with E-state index in [1.807, 2.05) is 31.3 Å². The predicted octanol–water partition coefficient (Wildman–Crippen LogP) is 1.31. The summed E-state index contributed by atoms with van der Waals surface area (Å²) in [6.45, 7) is 2.04. The van der Waals surface area contributed by atoms with Crippen LogP contribution in [0.15, 0.2) is 24.3 Å². The van der Waals surface area contributed by atoms with Crippen molar-refractivity contribution in [1.82, 2.24) is 10.2 Å². The van der Waals surface area contributed by atoms with Crippen molar-refractivity contribution in [2.45, 2.75) is 18.9 Å². The van der Waals surface area contributed by atoms with Gasteiger partial charge in [-0.15, -0.1) is 0 Å². The molecule has 2 N–H and O–H groups in total. The Kier molecular flexibility index (Phi) is 5.40. The highest BCUT2D eigenvalue weighted by molar-refractivity contribution is 6.30. The van der Waals surface area contributed by atoms with E-state index in [1.54, 1.807) is 0 Å². The Labute approximate surface area is 124 Å². The van der Waals surface area contributed by atoms with Gasteiger partial charge in [0.2, 0.25) is 5.91 Å². The monoisotopic (exact) mass is 296 g/mol. The van der Waals surface area contributed by atoms with Gasteiger partial charge in [-0.25, -0.2) is 0 Å². The zero-order chi connectivity index (χ0) is 14.5. The molecule has 1 saturated heterocycles. The van der Waals surface area contributed by atoms with Crippen molar-refractivity contribution in [2.24, 2.45) is 5.92 Å². The highest BCUT2D eigenvalue weighted by atomic mass is 35.5. The minimum atomic E-state index is -0.526. The molecule has 0 saturated carbocycles. The number of benzene rings is 1. The smallest absolute Gasteiger partial charge is 0.227 e. The molecule has 2 atom stereocenters. The number of rotatable bonds is 4. The first-order valence-electron chi connectivity index (χ1n) is 6.95. The second-order valence-corrected chi connectivity index (χ2v) is 5.83. The van der Waals surface area contributed by atoms with E-state index in [1.165, 1.54) is 0 Å². The van der Waals surface area contributed by atoms with E-state index in [0.29, 0.717) is 24.5 Å². The molecular weight excluding hydrogens is 276 g/mol. The summed E-state index contributed by atoms with van der Waals surface area (Å²) in [5.41, 5.74) is 1.14. The SMILES string of the molecule is CN1CC[C@@H](O)[C@H](C(=O)NCCc2ccc(Cl)cc2)C1. The zero-order valence-corrected chi connectivity index (χ0v) is 12.4. The average Bonchev–Trinajstić information content (AvgIpc) is 2.43. The molecule has 0 aliphatic carbocycles. The van der Waals surface area contributed by atoms with Gasteiger partial charge in [0.15, 0.2) is 0 Å². The van der Waals surface area contributed by atoms with E-state index < -0.39 is 6.10 Å². The maximum absolute atomic E-state index is 12.1. The maximum atomic E-state index is 12.1. The van der Waals surface area contributed by atoms with Crippen molar-refractivity contribution >= 4 is 17.5 Å². The highest BCUT2D eigenvalue weighted by Crippen LogP contribution is 2.16. The fourth-order valence-electron chi connectivity index (χ4n) is 2.47. The van der Waals surface area contributed by atoms with Crippen molar-refractivity contribution in [3.8, 4) is 0 Å². The van der Waals surface area contributed by atoms with Gasteiger partial charge in [0, 0.05) is 24.7 Å². The molecule has 5 heteroatoms. The molecule has 110 valence electrons. The van der Waals surface area contributed by atoms with Crippen molar-refractivity contribution in [1.29, 1.82) is 0 Å². The summed E-state index contributed by atoms with van der Waals surface area (Å²) in [6.07, 6.45) is 0.898. The van der Waals surface area contributed by atoms with E-state index in [-0.39, 0.29) is 11.8 Å². The number of aliphatic hydroxyl groups is 1. The van der Waals surface area contributed by atoms with Crippen LogP contribution in [0.1, 0.15) is 12.0 Å². The molecule has 1 fully saturated rings. The summed E-state index contributed by atoms with van der Waals surface area (Å²) in [5, 5.41) is 13.5. The van der Waals surface area contributed by atoms with E-state index in [9.17, 15) is 9.90 Å². The molecule has 2 rings (SSSR count). The second kappa shape index (κ2) is 7.07. The Morgan fingerprint density at radius 3 is 2.85 bits per heavy atom. The minimum absolute atomic E-state index is 0.0574. The van der Waals surface area contributed by atoms with E-state index in [2.05, 4.69) is 10.2 Å². The summed E-state index contributed by atoms with van der Waals surface area (Å²) in [5.74, 6) is -0.378. The van der Waals surface area contributed by atoms with Crippen LogP contribution in [0.25, 0.3) is 0 Å². The summed E-state index contributed by atoms with van der Waals surface area (Å²) in [6, 6.07) is 7.60. The van der Waals surface area contributed by atoms with Crippen LogP contribution in [0.2, 0.25) is 5.02 Å². The van der Waals surface area contributed by atoms with Crippen LogP contribution in [0.5, 0.6) is 0 Å². The Morgan fingerprint density at radius 1 is 1.45 bits per heavy atom. The van der Waals surface area contributed by atoms with Crippen molar-refractivity contribution in [3.63, 3.8) is 0 Å².